The first kappa shape index (κ1) is 22.4. The van der Waals surface area contributed by atoms with E-state index in [1.165, 1.54) is 56.5 Å². The monoisotopic (exact) mass is 341 g/mol. The molecule has 3 nitrogen and oxygen atoms in total. The average molecular weight is 342 g/mol. The maximum Gasteiger partial charge on any atom is 0.185 e. The molecule has 0 radical (unpaired) electrons. The van der Waals surface area contributed by atoms with Crippen molar-refractivity contribution in [2.24, 2.45) is 0 Å². The second-order valence-corrected chi connectivity index (χ2v) is 7.53. The number of carbonyl (C=O) groups excluding carboxylic acids is 2. The van der Waals surface area contributed by atoms with Gasteiger partial charge in [-0.3, -0.25) is 9.59 Å². The standard InChI is InChI=1S/C19H35NO2S/c1-18(21)23-17-13-9-5-3-2-4-6-10-14-19(22)15-11-7-8-12-16-20/h16,20H,2-15,17H2,1H3. The number of thioether (sulfide) groups is 1. The molecule has 0 rings (SSSR count). The Hall–Kier alpha value is -0.640. The van der Waals surface area contributed by atoms with Crippen LogP contribution < -0.4 is 0 Å². The van der Waals surface area contributed by atoms with Crippen LogP contribution >= 0.6 is 11.8 Å². The zero-order valence-electron chi connectivity index (χ0n) is 14.9. The summed E-state index contributed by atoms with van der Waals surface area (Å²) in [5.41, 5.74) is 0. The molecule has 0 bridgehead atoms. The van der Waals surface area contributed by atoms with Gasteiger partial charge in [-0.25, -0.2) is 0 Å². The molecule has 0 amide bonds. The van der Waals surface area contributed by atoms with Crippen LogP contribution in [-0.2, 0) is 9.59 Å². The highest BCUT2D eigenvalue weighted by molar-refractivity contribution is 8.13. The van der Waals surface area contributed by atoms with Gasteiger partial charge >= 0.3 is 0 Å². The SMILES string of the molecule is CC(=O)SCCCCCCCCCCC(=O)CCCCCC=N. The van der Waals surface area contributed by atoms with E-state index in [2.05, 4.69) is 0 Å². The van der Waals surface area contributed by atoms with Gasteiger partial charge in [0, 0.05) is 25.5 Å². The molecule has 0 fully saturated rings. The lowest BCUT2D eigenvalue weighted by molar-refractivity contribution is -0.119. The topological polar surface area (TPSA) is 58.0 Å². The van der Waals surface area contributed by atoms with Gasteiger partial charge in [0.15, 0.2) is 5.12 Å². The highest BCUT2D eigenvalue weighted by Gasteiger charge is 2.01. The summed E-state index contributed by atoms with van der Waals surface area (Å²) < 4.78 is 0. The Morgan fingerprint density at radius 3 is 1.78 bits per heavy atom. The molecular weight excluding hydrogens is 306 g/mol. The normalized spacial score (nSPS) is 10.7. The lowest BCUT2D eigenvalue weighted by Crippen LogP contribution is -1.97. The number of hydrogen-bond acceptors (Lipinski definition) is 4. The Bertz CT molecular complexity index is 318. The predicted molar refractivity (Wildman–Crippen MR) is 102 cm³/mol. The summed E-state index contributed by atoms with van der Waals surface area (Å²) in [6.07, 6.45) is 16.6. The molecule has 0 aromatic carbocycles. The van der Waals surface area contributed by atoms with Crippen LogP contribution in [0.3, 0.4) is 0 Å². The number of unbranched alkanes of at least 4 members (excludes halogenated alkanes) is 10. The van der Waals surface area contributed by atoms with Gasteiger partial charge in [-0.1, -0.05) is 56.7 Å². The Kier molecular flexibility index (Phi) is 17.2. The van der Waals surface area contributed by atoms with Crippen LogP contribution in [0.25, 0.3) is 0 Å². The van der Waals surface area contributed by atoms with E-state index in [4.69, 9.17) is 5.41 Å². The van der Waals surface area contributed by atoms with Gasteiger partial charge in [0.1, 0.15) is 5.78 Å². The summed E-state index contributed by atoms with van der Waals surface area (Å²) in [7, 11) is 0. The van der Waals surface area contributed by atoms with Crippen LogP contribution in [0, 0.1) is 5.41 Å². The van der Waals surface area contributed by atoms with Crippen LogP contribution in [0.4, 0.5) is 0 Å². The summed E-state index contributed by atoms with van der Waals surface area (Å²) in [6, 6.07) is 0. The molecule has 0 aliphatic carbocycles. The van der Waals surface area contributed by atoms with E-state index >= 15 is 0 Å². The highest BCUT2D eigenvalue weighted by atomic mass is 32.2. The lowest BCUT2D eigenvalue weighted by Gasteiger charge is -2.03. The van der Waals surface area contributed by atoms with E-state index in [1.54, 1.807) is 6.92 Å². The number of nitrogens with one attached hydrogen (secondary N) is 1. The van der Waals surface area contributed by atoms with Crippen LogP contribution in [0.15, 0.2) is 0 Å². The van der Waals surface area contributed by atoms with E-state index in [0.29, 0.717) is 5.78 Å². The van der Waals surface area contributed by atoms with Crippen LogP contribution in [0.5, 0.6) is 0 Å². The summed E-state index contributed by atoms with van der Waals surface area (Å²) in [5, 5.41) is 7.16. The van der Waals surface area contributed by atoms with E-state index in [1.807, 2.05) is 0 Å². The van der Waals surface area contributed by atoms with Crippen molar-refractivity contribution >= 4 is 28.9 Å². The van der Waals surface area contributed by atoms with E-state index in [0.717, 1.165) is 57.1 Å². The van der Waals surface area contributed by atoms with E-state index in [-0.39, 0.29) is 5.12 Å². The number of Topliss-reactive ketones (excluding diaryl/α,β-unsaturated/α-hetero) is 1. The van der Waals surface area contributed by atoms with Crippen molar-refractivity contribution in [1.82, 2.24) is 0 Å². The minimum Gasteiger partial charge on any atom is -0.313 e. The molecule has 0 unspecified atom stereocenters. The summed E-state index contributed by atoms with van der Waals surface area (Å²) in [4.78, 5) is 22.4. The third kappa shape index (κ3) is 19.3. The second kappa shape index (κ2) is 17.7. The minimum atomic E-state index is 0.228. The summed E-state index contributed by atoms with van der Waals surface area (Å²) in [5.74, 6) is 1.39. The van der Waals surface area contributed by atoms with Gasteiger partial charge < -0.3 is 5.41 Å². The Balaban J connectivity index is 3.15. The summed E-state index contributed by atoms with van der Waals surface area (Å²) in [6.45, 7) is 1.63. The molecule has 0 aliphatic rings. The fourth-order valence-corrected chi connectivity index (χ4v) is 3.21. The maximum atomic E-state index is 11.7. The number of carbonyl (C=O) groups is 2. The third-order valence-corrected chi connectivity index (χ3v) is 4.86. The molecule has 0 saturated heterocycles. The molecule has 0 spiro atoms. The second-order valence-electron chi connectivity index (χ2n) is 6.26. The molecule has 23 heavy (non-hydrogen) atoms. The maximum absolute atomic E-state index is 11.7. The van der Waals surface area contributed by atoms with E-state index < -0.39 is 0 Å². The van der Waals surface area contributed by atoms with Crippen LogP contribution in [0.2, 0.25) is 0 Å². The Morgan fingerprint density at radius 1 is 0.783 bits per heavy atom. The molecule has 0 aliphatic heterocycles. The number of ketones is 1. The zero-order valence-corrected chi connectivity index (χ0v) is 15.7. The van der Waals surface area contributed by atoms with Crippen molar-refractivity contribution in [2.45, 2.75) is 96.8 Å². The fourth-order valence-electron chi connectivity index (χ4n) is 2.57. The predicted octanol–water partition coefficient (Wildman–Crippen LogP) is 5.95. The first-order valence-corrected chi connectivity index (χ1v) is 10.3. The van der Waals surface area contributed by atoms with E-state index in [9.17, 15) is 9.59 Å². The lowest BCUT2D eigenvalue weighted by atomic mass is 10.0. The smallest absolute Gasteiger partial charge is 0.185 e. The first-order valence-electron chi connectivity index (χ1n) is 9.31. The quantitative estimate of drug-likeness (QED) is 0.263. The fraction of sp³-hybridized carbons (Fsp3) is 0.842. The van der Waals surface area contributed by atoms with Crippen molar-refractivity contribution in [3.8, 4) is 0 Å². The van der Waals surface area contributed by atoms with Crippen molar-refractivity contribution < 1.29 is 9.59 Å². The van der Waals surface area contributed by atoms with Gasteiger partial charge in [0.05, 0.1) is 0 Å². The van der Waals surface area contributed by atoms with Crippen molar-refractivity contribution in [1.29, 1.82) is 5.41 Å². The first-order chi connectivity index (χ1) is 11.2. The molecule has 0 heterocycles. The molecule has 0 atom stereocenters. The van der Waals surface area contributed by atoms with Crippen molar-refractivity contribution in [2.75, 3.05) is 5.75 Å². The third-order valence-electron chi connectivity index (χ3n) is 3.96. The number of hydrogen-bond donors (Lipinski definition) is 1. The molecule has 4 heteroatoms. The molecule has 0 saturated carbocycles. The molecular formula is C19H35NO2S. The summed E-state index contributed by atoms with van der Waals surface area (Å²) >= 11 is 1.44. The van der Waals surface area contributed by atoms with Crippen molar-refractivity contribution in [3.05, 3.63) is 0 Å². The molecule has 0 aromatic heterocycles. The average Bonchev–Trinajstić information content (AvgIpc) is 2.52. The molecule has 134 valence electrons. The van der Waals surface area contributed by atoms with Crippen LogP contribution in [0.1, 0.15) is 96.8 Å². The van der Waals surface area contributed by atoms with Crippen LogP contribution in [-0.4, -0.2) is 22.9 Å². The minimum absolute atomic E-state index is 0.228. The van der Waals surface area contributed by atoms with Gasteiger partial charge in [-0.2, -0.15) is 0 Å². The molecule has 1 N–H and O–H groups in total. The molecule has 0 aromatic rings. The Labute approximate surface area is 146 Å². The van der Waals surface area contributed by atoms with Gasteiger partial charge in [-0.05, 0) is 38.3 Å². The highest BCUT2D eigenvalue weighted by Crippen LogP contribution is 2.13. The van der Waals surface area contributed by atoms with Gasteiger partial charge in [-0.15, -0.1) is 0 Å². The number of rotatable bonds is 17. The zero-order chi connectivity index (χ0) is 17.2. The van der Waals surface area contributed by atoms with Gasteiger partial charge in [0.25, 0.3) is 0 Å². The van der Waals surface area contributed by atoms with Crippen molar-refractivity contribution in [3.63, 3.8) is 0 Å². The Morgan fingerprint density at radius 2 is 1.26 bits per heavy atom. The largest absolute Gasteiger partial charge is 0.313 e. The van der Waals surface area contributed by atoms with Gasteiger partial charge in [0.2, 0.25) is 0 Å².